The van der Waals surface area contributed by atoms with Gasteiger partial charge in [-0.3, -0.25) is 19.3 Å². The van der Waals surface area contributed by atoms with Crippen molar-refractivity contribution in [2.45, 2.75) is 12.8 Å². The second-order valence-corrected chi connectivity index (χ2v) is 5.97. The summed E-state index contributed by atoms with van der Waals surface area (Å²) in [6.45, 7) is 0.439. The van der Waals surface area contributed by atoms with Gasteiger partial charge >= 0.3 is 5.97 Å². The van der Waals surface area contributed by atoms with Crippen LogP contribution in [0.2, 0.25) is 0 Å². The normalized spacial score (nSPS) is 13.3. The number of ether oxygens (including phenoxy) is 1. The zero-order chi connectivity index (χ0) is 16.2. The summed E-state index contributed by atoms with van der Waals surface area (Å²) in [5, 5.41) is 3.81. The van der Waals surface area contributed by atoms with Crippen LogP contribution in [0.25, 0.3) is 0 Å². The van der Waals surface area contributed by atoms with Crippen LogP contribution >= 0.6 is 11.3 Å². The number of carbonyl (C=O) groups is 3. The Hall–Kier alpha value is -2.47. The molecule has 1 aliphatic rings. The van der Waals surface area contributed by atoms with Gasteiger partial charge in [-0.1, -0.05) is 12.1 Å². The summed E-state index contributed by atoms with van der Waals surface area (Å²) in [6.07, 6.45) is 0.678. The highest BCUT2D eigenvalue weighted by atomic mass is 32.1. The fourth-order valence-electron chi connectivity index (χ4n) is 2.46. The van der Waals surface area contributed by atoms with Gasteiger partial charge in [-0.2, -0.15) is 11.3 Å². The number of imide groups is 1. The Balaban J connectivity index is 1.46. The summed E-state index contributed by atoms with van der Waals surface area (Å²) in [5.41, 5.74) is 1.80. The maximum absolute atomic E-state index is 12.1. The maximum Gasteiger partial charge on any atom is 0.310 e. The number of esters is 1. The van der Waals surface area contributed by atoms with Crippen LogP contribution in [0.4, 0.5) is 0 Å². The molecular weight excluding hydrogens is 314 g/mol. The Morgan fingerprint density at radius 3 is 2.39 bits per heavy atom. The molecule has 2 aromatic rings. The Morgan fingerprint density at radius 2 is 1.78 bits per heavy atom. The molecule has 0 radical (unpaired) electrons. The molecule has 0 atom stereocenters. The van der Waals surface area contributed by atoms with Gasteiger partial charge in [-0.15, -0.1) is 0 Å². The minimum absolute atomic E-state index is 0.191. The molecule has 0 unspecified atom stereocenters. The van der Waals surface area contributed by atoms with Crippen molar-refractivity contribution >= 4 is 29.1 Å². The molecule has 2 amide bonds. The predicted octanol–water partition coefficient (Wildman–Crippen LogP) is 2.52. The van der Waals surface area contributed by atoms with Crippen LogP contribution in [0.15, 0.2) is 41.1 Å². The SMILES string of the molecule is O=C(Cc1ccsc1)OCCCN1C(=O)c2ccccc2C1=O. The molecule has 1 aliphatic heterocycles. The molecule has 0 spiro atoms. The standard InChI is InChI=1S/C17H15NO4S/c19-15(10-12-6-9-23-11-12)22-8-3-7-18-16(20)13-4-1-2-5-14(13)17(18)21/h1-2,4-6,9,11H,3,7-8,10H2. The first-order valence-electron chi connectivity index (χ1n) is 7.29. The largest absolute Gasteiger partial charge is 0.465 e. The number of amides is 2. The fourth-order valence-corrected chi connectivity index (χ4v) is 3.13. The molecule has 1 aromatic heterocycles. The highest BCUT2D eigenvalue weighted by molar-refractivity contribution is 7.07. The average Bonchev–Trinajstić information content (AvgIpc) is 3.14. The summed E-state index contributed by atoms with van der Waals surface area (Å²) in [7, 11) is 0. The van der Waals surface area contributed by atoms with E-state index in [2.05, 4.69) is 0 Å². The van der Waals surface area contributed by atoms with Crippen LogP contribution in [0.3, 0.4) is 0 Å². The van der Waals surface area contributed by atoms with Gasteiger partial charge in [0.1, 0.15) is 0 Å². The van der Waals surface area contributed by atoms with Gasteiger partial charge in [0.25, 0.3) is 11.8 Å². The van der Waals surface area contributed by atoms with E-state index in [0.29, 0.717) is 17.5 Å². The van der Waals surface area contributed by atoms with Crippen molar-refractivity contribution in [3.63, 3.8) is 0 Å². The molecule has 5 nitrogen and oxygen atoms in total. The third-order valence-electron chi connectivity index (χ3n) is 3.60. The zero-order valence-corrected chi connectivity index (χ0v) is 13.2. The highest BCUT2D eigenvalue weighted by Gasteiger charge is 2.34. The number of hydrogen-bond donors (Lipinski definition) is 0. The van der Waals surface area contributed by atoms with Crippen molar-refractivity contribution < 1.29 is 19.1 Å². The lowest BCUT2D eigenvalue weighted by molar-refractivity contribution is -0.142. The molecule has 0 bridgehead atoms. The van der Waals surface area contributed by atoms with E-state index in [9.17, 15) is 14.4 Å². The van der Waals surface area contributed by atoms with Crippen molar-refractivity contribution in [3.8, 4) is 0 Å². The first kappa shape index (κ1) is 15.4. The van der Waals surface area contributed by atoms with Crippen LogP contribution in [0, 0.1) is 0 Å². The Kier molecular flexibility index (Phi) is 4.52. The van der Waals surface area contributed by atoms with Gasteiger partial charge in [0.15, 0.2) is 0 Å². The minimum Gasteiger partial charge on any atom is -0.465 e. The van der Waals surface area contributed by atoms with Gasteiger partial charge in [-0.05, 0) is 40.9 Å². The molecule has 0 saturated carbocycles. The molecule has 0 fully saturated rings. The molecule has 118 valence electrons. The van der Waals surface area contributed by atoms with E-state index in [-0.39, 0.29) is 37.4 Å². The van der Waals surface area contributed by atoms with Crippen molar-refractivity contribution in [2.24, 2.45) is 0 Å². The Labute approximate surface area is 137 Å². The zero-order valence-electron chi connectivity index (χ0n) is 12.4. The molecule has 3 rings (SSSR count). The predicted molar refractivity (Wildman–Crippen MR) is 85.4 cm³/mol. The lowest BCUT2D eigenvalue weighted by Crippen LogP contribution is -2.31. The molecular formula is C17H15NO4S. The molecule has 2 heterocycles. The smallest absolute Gasteiger partial charge is 0.310 e. The first-order valence-corrected chi connectivity index (χ1v) is 8.23. The Bertz CT molecular complexity index is 704. The third-order valence-corrected chi connectivity index (χ3v) is 4.33. The molecule has 0 N–H and O–H groups in total. The van der Waals surface area contributed by atoms with Crippen LogP contribution in [-0.2, 0) is 16.0 Å². The van der Waals surface area contributed by atoms with E-state index in [1.54, 1.807) is 24.3 Å². The number of fused-ring (bicyclic) bond motifs is 1. The number of rotatable bonds is 6. The lowest BCUT2D eigenvalue weighted by atomic mass is 10.1. The number of nitrogens with zero attached hydrogens (tertiary/aromatic N) is 1. The Morgan fingerprint density at radius 1 is 1.09 bits per heavy atom. The van der Waals surface area contributed by atoms with Gasteiger partial charge in [0, 0.05) is 6.54 Å². The summed E-state index contributed by atoms with van der Waals surface area (Å²) in [4.78, 5) is 37.1. The number of carbonyl (C=O) groups excluding carboxylic acids is 3. The van der Waals surface area contributed by atoms with E-state index in [4.69, 9.17) is 4.74 Å². The summed E-state index contributed by atoms with van der Waals surface area (Å²) < 4.78 is 5.14. The monoisotopic (exact) mass is 329 g/mol. The number of thiophene rings is 1. The molecule has 0 saturated heterocycles. The van der Waals surface area contributed by atoms with Crippen LogP contribution in [0.1, 0.15) is 32.7 Å². The van der Waals surface area contributed by atoms with E-state index in [0.717, 1.165) is 5.56 Å². The fraction of sp³-hybridized carbons (Fsp3) is 0.235. The van der Waals surface area contributed by atoms with E-state index < -0.39 is 0 Å². The van der Waals surface area contributed by atoms with Crippen LogP contribution in [-0.4, -0.2) is 35.8 Å². The topological polar surface area (TPSA) is 63.7 Å². The van der Waals surface area contributed by atoms with Crippen molar-refractivity contribution in [3.05, 3.63) is 57.8 Å². The number of hydrogen-bond acceptors (Lipinski definition) is 5. The van der Waals surface area contributed by atoms with Gasteiger partial charge in [0.2, 0.25) is 0 Å². The summed E-state index contributed by atoms with van der Waals surface area (Å²) in [6, 6.07) is 8.65. The van der Waals surface area contributed by atoms with Crippen molar-refractivity contribution in [1.29, 1.82) is 0 Å². The lowest BCUT2D eigenvalue weighted by Gasteiger charge is -2.13. The number of benzene rings is 1. The van der Waals surface area contributed by atoms with E-state index >= 15 is 0 Å². The first-order chi connectivity index (χ1) is 11.2. The van der Waals surface area contributed by atoms with E-state index in [1.165, 1.54) is 16.2 Å². The summed E-state index contributed by atoms with van der Waals surface area (Å²) in [5.74, 6) is -0.865. The third kappa shape index (κ3) is 3.32. The van der Waals surface area contributed by atoms with E-state index in [1.807, 2.05) is 16.8 Å². The van der Waals surface area contributed by atoms with Crippen LogP contribution in [0.5, 0.6) is 0 Å². The molecule has 6 heteroatoms. The quantitative estimate of drug-likeness (QED) is 0.464. The average molecular weight is 329 g/mol. The van der Waals surface area contributed by atoms with Gasteiger partial charge in [0.05, 0.1) is 24.2 Å². The minimum atomic E-state index is -0.300. The van der Waals surface area contributed by atoms with Gasteiger partial charge < -0.3 is 4.74 Å². The molecule has 23 heavy (non-hydrogen) atoms. The van der Waals surface area contributed by atoms with Crippen molar-refractivity contribution in [1.82, 2.24) is 4.90 Å². The second-order valence-electron chi connectivity index (χ2n) is 5.19. The molecule has 1 aromatic carbocycles. The maximum atomic E-state index is 12.1. The molecule has 0 aliphatic carbocycles. The second kappa shape index (κ2) is 6.75. The summed E-state index contributed by atoms with van der Waals surface area (Å²) >= 11 is 1.53. The van der Waals surface area contributed by atoms with Crippen LogP contribution < -0.4 is 0 Å². The highest BCUT2D eigenvalue weighted by Crippen LogP contribution is 2.22. The van der Waals surface area contributed by atoms with Gasteiger partial charge in [-0.25, -0.2) is 0 Å². The van der Waals surface area contributed by atoms with Crippen molar-refractivity contribution in [2.75, 3.05) is 13.2 Å².